The number of aromatic amines is 1. The first-order valence-corrected chi connectivity index (χ1v) is 9.89. The van der Waals surface area contributed by atoms with E-state index in [0.29, 0.717) is 23.0 Å². The molecule has 32 heavy (non-hydrogen) atoms. The van der Waals surface area contributed by atoms with Crippen molar-refractivity contribution in [1.82, 2.24) is 19.1 Å². The summed E-state index contributed by atoms with van der Waals surface area (Å²) in [6.07, 6.45) is 1.56. The third kappa shape index (κ3) is 4.67. The molecule has 0 aliphatic carbocycles. The molecule has 2 heterocycles. The first kappa shape index (κ1) is 20.9. The molecule has 0 radical (unpaired) electrons. The number of nitrogen functional groups attached to an aromatic ring is 1. The smallest absolute Gasteiger partial charge is 0.335 e. The molecule has 0 amide bonds. The van der Waals surface area contributed by atoms with E-state index in [-0.39, 0.29) is 12.2 Å². The van der Waals surface area contributed by atoms with Crippen molar-refractivity contribution in [2.45, 2.75) is 13.5 Å². The lowest BCUT2D eigenvalue weighted by Crippen LogP contribution is -2.48. The number of aromatic nitrogens is 4. The molecule has 0 aliphatic heterocycles. The first-order chi connectivity index (χ1) is 15.4. The highest BCUT2D eigenvalue weighted by molar-refractivity contribution is 5.44. The molecule has 3 N–H and O–H groups in total. The number of H-pyrrole nitrogens is 1. The van der Waals surface area contributed by atoms with Gasteiger partial charge in [-0.15, -0.1) is 0 Å². The Hall–Kier alpha value is -4.40. The molecule has 9 nitrogen and oxygen atoms in total. The van der Waals surface area contributed by atoms with Gasteiger partial charge in [0.25, 0.3) is 0 Å². The first-order valence-electron chi connectivity index (χ1n) is 9.89. The van der Waals surface area contributed by atoms with Crippen molar-refractivity contribution in [3.63, 3.8) is 0 Å². The third-order valence-electron chi connectivity index (χ3n) is 4.81. The minimum Gasteiger partial charge on any atom is -0.439 e. The molecule has 2 aromatic heterocycles. The lowest BCUT2D eigenvalue weighted by Gasteiger charge is -2.09. The van der Waals surface area contributed by atoms with Gasteiger partial charge in [0.2, 0.25) is 11.5 Å². The lowest BCUT2D eigenvalue weighted by molar-refractivity contribution is 0.463. The van der Waals surface area contributed by atoms with Crippen LogP contribution in [0.4, 0.5) is 11.4 Å². The van der Waals surface area contributed by atoms with Crippen LogP contribution in [-0.4, -0.2) is 19.1 Å². The van der Waals surface area contributed by atoms with Gasteiger partial charge in [-0.05, 0) is 42.8 Å². The summed E-state index contributed by atoms with van der Waals surface area (Å²) in [5.74, 6) is 0.925. The van der Waals surface area contributed by atoms with Crippen LogP contribution < -0.4 is 27.5 Å². The number of nitrogens with one attached hydrogen (secondary N) is 1. The van der Waals surface area contributed by atoms with Crippen molar-refractivity contribution in [1.29, 1.82) is 0 Å². The number of hydrogen-bond donors (Lipinski definition) is 2. The van der Waals surface area contributed by atoms with Crippen LogP contribution in [0, 0.1) is 6.92 Å². The second-order valence-electron chi connectivity index (χ2n) is 7.30. The average Bonchev–Trinajstić information content (AvgIpc) is 2.78. The van der Waals surface area contributed by atoms with Crippen LogP contribution >= 0.6 is 0 Å². The molecule has 2 aromatic carbocycles. The van der Waals surface area contributed by atoms with Crippen molar-refractivity contribution in [2.24, 2.45) is 12.0 Å². The van der Waals surface area contributed by atoms with Crippen LogP contribution in [0.5, 0.6) is 11.6 Å². The van der Waals surface area contributed by atoms with E-state index >= 15 is 0 Å². The van der Waals surface area contributed by atoms with Gasteiger partial charge in [-0.25, -0.2) is 24.1 Å². The molecule has 0 bridgehead atoms. The second kappa shape index (κ2) is 8.76. The molecule has 0 spiro atoms. The number of ether oxygens (including phenoxy) is 1. The van der Waals surface area contributed by atoms with E-state index in [1.807, 2.05) is 31.2 Å². The molecule has 0 aliphatic rings. The summed E-state index contributed by atoms with van der Waals surface area (Å²) in [5.41, 5.74) is 8.03. The molecule has 4 aromatic rings. The van der Waals surface area contributed by atoms with Gasteiger partial charge in [0, 0.05) is 25.0 Å². The van der Waals surface area contributed by atoms with Crippen LogP contribution in [-0.2, 0) is 13.6 Å². The van der Waals surface area contributed by atoms with Crippen molar-refractivity contribution in [3.05, 3.63) is 105 Å². The topological polar surface area (TPSA) is 120 Å². The fourth-order valence-electron chi connectivity index (χ4n) is 3.02. The number of nitrogens with two attached hydrogens (primary N) is 1. The van der Waals surface area contributed by atoms with E-state index in [4.69, 9.17) is 10.5 Å². The van der Waals surface area contributed by atoms with Crippen LogP contribution in [0.25, 0.3) is 0 Å². The summed E-state index contributed by atoms with van der Waals surface area (Å²) in [4.78, 5) is 36.2. The number of nitrogens with zero attached hydrogens (tertiary/aromatic N) is 4. The van der Waals surface area contributed by atoms with Crippen LogP contribution in [0.2, 0.25) is 0 Å². The zero-order valence-electron chi connectivity index (χ0n) is 17.6. The maximum atomic E-state index is 12.8. The third-order valence-corrected chi connectivity index (χ3v) is 4.81. The van der Waals surface area contributed by atoms with Crippen LogP contribution in [0.3, 0.4) is 0 Å². The van der Waals surface area contributed by atoms with E-state index in [1.54, 1.807) is 42.6 Å². The zero-order chi connectivity index (χ0) is 22.7. The van der Waals surface area contributed by atoms with Crippen molar-refractivity contribution in [2.75, 3.05) is 5.73 Å². The normalized spacial score (nSPS) is 11.5. The molecule has 0 unspecified atom stereocenters. The van der Waals surface area contributed by atoms with Crippen molar-refractivity contribution >= 4 is 11.4 Å². The Balaban J connectivity index is 1.69. The summed E-state index contributed by atoms with van der Waals surface area (Å²) in [6, 6.07) is 18.0. The van der Waals surface area contributed by atoms with Crippen LogP contribution in [0.15, 0.2) is 81.4 Å². The summed E-state index contributed by atoms with van der Waals surface area (Å²) >= 11 is 0. The molecule has 0 saturated heterocycles. The van der Waals surface area contributed by atoms with E-state index in [2.05, 4.69) is 15.0 Å². The fourth-order valence-corrected chi connectivity index (χ4v) is 3.02. The Morgan fingerprint density at radius 2 is 1.78 bits per heavy atom. The fraction of sp³-hybridized carbons (Fsp3) is 0.130. The Kier molecular flexibility index (Phi) is 5.71. The number of rotatable bonds is 5. The molecule has 4 rings (SSSR count). The van der Waals surface area contributed by atoms with Gasteiger partial charge in [-0.2, -0.15) is 0 Å². The molecule has 9 heteroatoms. The molecule has 0 atom stereocenters. The number of aryl methyl sites for hydroxylation is 1. The van der Waals surface area contributed by atoms with E-state index < -0.39 is 11.4 Å². The van der Waals surface area contributed by atoms with Gasteiger partial charge in [0.15, 0.2) is 0 Å². The van der Waals surface area contributed by atoms with Crippen molar-refractivity contribution < 1.29 is 4.74 Å². The summed E-state index contributed by atoms with van der Waals surface area (Å²) in [7, 11) is 1.42. The monoisotopic (exact) mass is 430 g/mol. The molecular weight excluding hydrogens is 408 g/mol. The number of anilines is 1. The SMILES string of the molecule is Cc1ccc(Cn2c(=O)n(C)c(=O)[nH]/c2=N\c2ccc(Oc3cc(N)ccn3)cc2)cc1. The zero-order valence-corrected chi connectivity index (χ0v) is 17.6. The predicted molar refractivity (Wildman–Crippen MR) is 121 cm³/mol. The summed E-state index contributed by atoms with van der Waals surface area (Å²) in [6.45, 7) is 2.26. The highest BCUT2D eigenvalue weighted by Gasteiger charge is 2.07. The summed E-state index contributed by atoms with van der Waals surface area (Å²) in [5, 5.41) is 0. The Bertz CT molecular complexity index is 1430. The highest BCUT2D eigenvalue weighted by atomic mass is 16.5. The van der Waals surface area contributed by atoms with Gasteiger partial charge in [0.1, 0.15) is 5.75 Å². The van der Waals surface area contributed by atoms with Gasteiger partial charge < -0.3 is 10.5 Å². The van der Waals surface area contributed by atoms with E-state index in [1.165, 1.54) is 11.6 Å². The predicted octanol–water partition coefficient (Wildman–Crippen LogP) is 2.23. The Morgan fingerprint density at radius 3 is 2.47 bits per heavy atom. The van der Waals surface area contributed by atoms with E-state index in [0.717, 1.165) is 15.7 Å². The number of pyridine rings is 1. The maximum absolute atomic E-state index is 12.8. The van der Waals surface area contributed by atoms with Crippen molar-refractivity contribution in [3.8, 4) is 11.6 Å². The average molecular weight is 430 g/mol. The van der Waals surface area contributed by atoms with Gasteiger partial charge in [-0.3, -0.25) is 9.55 Å². The van der Waals surface area contributed by atoms with Gasteiger partial charge in [-0.1, -0.05) is 29.8 Å². The lowest BCUT2D eigenvalue weighted by atomic mass is 10.1. The van der Waals surface area contributed by atoms with Gasteiger partial charge >= 0.3 is 11.4 Å². The molecule has 0 fully saturated rings. The quantitative estimate of drug-likeness (QED) is 0.503. The Morgan fingerprint density at radius 1 is 1.06 bits per heavy atom. The minimum atomic E-state index is -0.540. The molecular formula is C23H22N6O3. The highest BCUT2D eigenvalue weighted by Crippen LogP contribution is 2.23. The van der Waals surface area contributed by atoms with Gasteiger partial charge in [0.05, 0.1) is 12.2 Å². The molecule has 0 saturated carbocycles. The standard InChI is InChI=1S/C23H22N6O3/c1-15-3-5-16(6-4-15)14-29-21(27-22(30)28(2)23(29)31)26-18-7-9-19(10-8-18)32-20-13-17(24)11-12-25-20/h3-13H,14H2,1-2H3,(H2,24,25)(H,26,27,30). The largest absolute Gasteiger partial charge is 0.439 e. The van der Waals surface area contributed by atoms with Crippen LogP contribution in [0.1, 0.15) is 11.1 Å². The number of benzene rings is 2. The maximum Gasteiger partial charge on any atom is 0.335 e. The molecule has 162 valence electrons. The Labute approximate surface area is 183 Å². The minimum absolute atomic E-state index is 0.157. The summed E-state index contributed by atoms with van der Waals surface area (Å²) < 4.78 is 8.12. The van der Waals surface area contributed by atoms with E-state index in [9.17, 15) is 9.59 Å². The second-order valence-corrected chi connectivity index (χ2v) is 7.30. The number of hydrogen-bond acceptors (Lipinski definition) is 6.